The molecule has 164 valence electrons. The molecule has 2 aliphatic rings. The maximum Gasteiger partial charge on any atom is 0.191 e. The SMILES string of the molecule is CCNC(=NCC(C)(O)c1ccco1)NC1CC2(CCCC2)Oc2ccccc21.I. The topological polar surface area (TPSA) is 79.0 Å². The fourth-order valence-electron chi connectivity index (χ4n) is 4.45. The molecule has 2 unspecified atom stereocenters. The number of nitrogens with one attached hydrogen (secondary N) is 2. The Labute approximate surface area is 195 Å². The summed E-state index contributed by atoms with van der Waals surface area (Å²) in [6, 6.07) is 11.9. The number of hydrogen-bond acceptors (Lipinski definition) is 4. The molecule has 0 amide bonds. The first-order chi connectivity index (χ1) is 14.0. The Morgan fingerprint density at radius 1 is 1.23 bits per heavy atom. The Kier molecular flexibility index (Phi) is 7.34. The molecule has 0 radical (unpaired) electrons. The molecule has 1 fully saturated rings. The van der Waals surface area contributed by atoms with Crippen LogP contribution < -0.4 is 15.4 Å². The summed E-state index contributed by atoms with van der Waals surface area (Å²) in [5, 5.41) is 17.7. The molecule has 2 aromatic rings. The molecule has 0 bridgehead atoms. The van der Waals surface area contributed by atoms with Crippen molar-refractivity contribution in [3.63, 3.8) is 0 Å². The van der Waals surface area contributed by atoms with Crippen molar-refractivity contribution in [3.8, 4) is 5.75 Å². The van der Waals surface area contributed by atoms with E-state index in [-0.39, 0.29) is 42.2 Å². The zero-order valence-corrected chi connectivity index (χ0v) is 20.0. The number of aliphatic hydroxyl groups is 1. The lowest BCUT2D eigenvalue weighted by Gasteiger charge is -2.40. The van der Waals surface area contributed by atoms with E-state index in [1.165, 1.54) is 12.8 Å². The van der Waals surface area contributed by atoms with Crippen molar-refractivity contribution in [2.24, 2.45) is 4.99 Å². The number of hydrogen-bond donors (Lipinski definition) is 3. The van der Waals surface area contributed by atoms with Gasteiger partial charge < -0.3 is 24.9 Å². The Morgan fingerprint density at radius 3 is 2.70 bits per heavy atom. The number of rotatable bonds is 5. The van der Waals surface area contributed by atoms with Crippen molar-refractivity contribution in [2.75, 3.05) is 13.1 Å². The van der Waals surface area contributed by atoms with Crippen LogP contribution in [0.1, 0.15) is 63.3 Å². The van der Waals surface area contributed by atoms with E-state index < -0.39 is 5.60 Å². The molecular formula is C23H32IN3O3. The van der Waals surface area contributed by atoms with Crippen molar-refractivity contribution >= 4 is 29.9 Å². The summed E-state index contributed by atoms with van der Waals surface area (Å²) < 4.78 is 11.8. The first kappa shape index (κ1) is 22.9. The normalized spacial score (nSPS) is 21.8. The number of halogens is 1. The highest BCUT2D eigenvalue weighted by Gasteiger charge is 2.43. The summed E-state index contributed by atoms with van der Waals surface area (Å²) in [6.07, 6.45) is 7.12. The van der Waals surface area contributed by atoms with E-state index in [9.17, 15) is 5.11 Å². The van der Waals surface area contributed by atoms with Gasteiger partial charge in [-0.2, -0.15) is 0 Å². The monoisotopic (exact) mass is 525 g/mol. The zero-order valence-electron chi connectivity index (χ0n) is 17.7. The number of ether oxygens (including phenoxy) is 1. The van der Waals surface area contributed by atoms with Crippen LogP contribution >= 0.6 is 24.0 Å². The third kappa shape index (κ3) is 4.94. The molecule has 1 aromatic carbocycles. The predicted octanol–water partition coefficient (Wildman–Crippen LogP) is 4.50. The van der Waals surface area contributed by atoms with Crippen molar-refractivity contribution < 1.29 is 14.3 Å². The summed E-state index contributed by atoms with van der Waals surface area (Å²) in [7, 11) is 0. The Morgan fingerprint density at radius 2 is 2.00 bits per heavy atom. The van der Waals surface area contributed by atoms with E-state index in [0.29, 0.717) is 11.7 Å². The molecule has 6 nitrogen and oxygen atoms in total. The zero-order chi connectivity index (χ0) is 20.3. The molecule has 1 saturated carbocycles. The second-order valence-corrected chi connectivity index (χ2v) is 8.38. The van der Waals surface area contributed by atoms with Crippen LogP contribution in [-0.4, -0.2) is 29.8 Å². The van der Waals surface area contributed by atoms with Crippen LogP contribution in [0.3, 0.4) is 0 Å². The molecule has 2 heterocycles. The predicted molar refractivity (Wildman–Crippen MR) is 128 cm³/mol. The minimum Gasteiger partial charge on any atom is -0.487 e. The highest BCUT2D eigenvalue weighted by atomic mass is 127. The third-order valence-corrected chi connectivity index (χ3v) is 5.96. The highest BCUT2D eigenvalue weighted by molar-refractivity contribution is 14.0. The number of para-hydroxylation sites is 1. The first-order valence-electron chi connectivity index (χ1n) is 10.6. The molecule has 1 aliphatic carbocycles. The molecule has 1 spiro atoms. The van der Waals surface area contributed by atoms with Gasteiger partial charge in [0.1, 0.15) is 22.7 Å². The summed E-state index contributed by atoms with van der Waals surface area (Å²) in [6.45, 7) is 4.70. The number of nitrogens with zero attached hydrogens (tertiary/aromatic N) is 1. The van der Waals surface area contributed by atoms with Gasteiger partial charge in [-0.05, 0) is 57.7 Å². The standard InChI is InChI=1S/C23H31N3O3.HI/c1-3-24-21(25-16-22(2,27)20-11-8-14-28-20)26-18-15-23(12-6-7-13-23)29-19-10-5-4-9-17(18)19;/h4-5,8-11,14,18,27H,3,6-7,12-13,15-16H2,1-2H3,(H2,24,25,26);1H. The second kappa shape index (κ2) is 9.60. The molecular weight excluding hydrogens is 493 g/mol. The lowest BCUT2D eigenvalue weighted by molar-refractivity contribution is 0.0387. The van der Waals surface area contributed by atoms with Gasteiger partial charge in [0.15, 0.2) is 5.96 Å². The number of aliphatic imine (C=N–C) groups is 1. The Hall–Kier alpha value is -1.74. The van der Waals surface area contributed by atoms with E-state index in [0.717, 1.165) is 37.1 Å². The fraction of sp³-hybridized carbons (Fsp3) is 0.522. The van der Waals surface area contributed by atoms with E-state index in [2.05, 4.69) is 33.8 Å². The van der Waals surface area contributed by atoms with Crippen LogP contribution in [0.25, 0.3) is 0 Å². The maximum absolute atomic E-state index is 10.7. The average molecular weight is 525 g/mol. The number of benzene rings is 1. The lowest BCUT2D eigenvalue weighted by atomic mass is 9.86. The van der Waals surface area contributed by atoms with Crippen LogP contribution in [0, 0.1) is 0 Å². The van der Waals surface area contributed by atoms with Crippen molar-refractivity contribution in [1.82, 2.24) is 10.6 Å². The van der Waals surface area contributed by atoms with Crippen LogP contribution in [0.2, 0.25) is 0 Å². The maximum atomic E-state index is 10.7. The smallest absolute Gasteiger partial charge is 0.191 e. The van der Waals surface area contributed by atoms with Crippen LogP contribution in [0.4, 0.5) is 0 Å². The Balaban J connectivity index is 0.00000256. The number of furan rings is 1. The second-order valence-electron chi connectivity index (χ2n) is 8.38. The molecule has 7 heteroatoms. The van der Waals surface area contributed by atoms with Gasteiger partial charge in [0.05, 0.1) is 18.8 Å². The quantitative estimate of drug-likeness (QED) is 0.305. The van der Waals surface area contributed by atoms with Crippen molar-refractivity contribution in [3.05, 3.63) is 54.0 Å². The van der Waals surface area contributed by atoms with Gasteiger partial charge in [0, 0.05) is 18.5 Å². The molecule has 3 N–H and O–H groups in total. The van der Waals surface area contributed by atoms with Crippen LogP contribution in [0.15, 0.2) is 52.1 Å². The van der Waals surface area contributed by atoms with Gasteiger partial charge in [-0.1, -0.05) is 18.2 Å². The summed E-state index contributed by atoms with van der Waals surface area (Å²) in [5.41, 5.74) is -0.0804. The summed E-state index contributed by atoms with van der Waals surface area (Å²) >= 11 is 0. The lowest BCUT2D eigenvalue weighted by Crippen LogP contribution is -2.47. The largest absolute Gasteiger partial charge is 0.487 e. The minimum atomic E-state index is -1.16. The van der Waals surface area contributed by atoms with E-state index in [1.54, 1.807) is 25.3 Å². The van der Waals surface area contributed by atoms with Crippen LogP contribution in [0.5, 0.6) is 5.75 Å². The summed E-state index contributed by atoms with van der Waals surface area (Å²) in [5.74, 6) is 2.17. The molecule has 4 rings (SSSR count). The number of fused-ring (bicyclic) bond motifs is 1. The molecule has 30 heavy (non-hydrogen) atoms. The van der Waals surface area contributed by atoms with Gasteiger partial charge in [0.25, 0.3) is 0 Å². The Bertz CT molecular complexity index is 845. The summed E-state index contributed by atoms with van der Waals surface area (Å²) in [4.78, 5) is 4.67. The average Bonchev–Trinajstić information content (AvgIpc) is 3.39. The third-order valence-electron chi connectivity index (χ3n) is 5.96. The molecule has 2 atom stereocenters. The van der Waals surface area contributed by atoms with E-state index in [1.807, 2.05) is 13.0 Å². The van der Waals surface area contributed by atoms with Crippen LogP contribution in [-0.2, 0) is 5.60 Å². The van der Waals surface area contributed by atoms with E-state index >= 15 is 0 Å². The highest BCUT2D eigenvalue weighted by Crippen LogP contribution is 2.46. The fourth-order valence-corrected chi connectivity index (χ4v) is 4.45. The molecule has 0 saturated heterocycles. The first-order valence-corrected chi connectivity index (χ1v) is 10.6. The molecule has 1 aromatic heterocycles. The van der Waals surface area contributed by atoms with Gasteiger partial charge in [0.2, 0.25) is 0 Å². The van der Waals surface area contributed by atoms with Gasteiger partial charge in [-0.3, -0.25) is 0 Å². The van der Waals surface area contributed by atoms with Gasteiger partial charge in [-0.25, -0.2) is 4.99 Å². The van der Waals surface area contributed by atoms with E-state index in [4.69, 9.17) is 9.15 Å². The molecule has 1 aliphatic heterocycles. The van der Waals surface area contributed by atoms with Gasteiger partial charge in [-0.15, -0.1) is 24.0 Å². The van der Waals surface area contributed by atoms with Crippen molar-refractivity contribution in [1.29, 1.82) is 0 Å². The van der Waals surface area contributed by atoms with Gasteiger partial charge >= 0.3 is 0 Å². The minimum absolute atomic E-state index is 0. The van der Waals surface area contributed by atoms with Crippen molar-refractivity contribution in [2.45, 2.75) is 63.2 Å². The number of guanidine groups is 1.